The first-order valence-corrected chi connectivity index (χ1v) is 8.90. The van der Waals surface area contributed by atoms with E-state index in [4.69, 9.17) is 9.47 Å². The number of hydrogen-bond acceptors (Lipinski definition) is 3. The van der Waals surface area contributed by atoms with Gasteiger partial charge in [-0.3, -0.25) is 4.99 Å². The quantitative estimate of drug-likeness (QED) is 0.243. The van der Waals surface area contributed by atoms with Crippen molar-refractivity contribution in [3.8, 4) is 5.75 Å². The number of aryl methyl sites for hydroxylation is 2. The number of rotatable bonds is 10. The fraction of sp³-hybridized carbons (Fsp3) is 0.632. The highest BCUT2D eigenvalue weighted by atomic mass is 127. The van der Waals surface area contributed by atoms with Crippen molar-refractivity contribution in [3.05, 3.63) is 29.3 Å². The van der Waals surface area contributed by atoms with Crippen molar-refractivity contribution in [2.45, 2.75) is 33.1 Å². The van der Waals surface area contributed by atoms with E-state index in [0.717, 1.165) is 43.8 Å². The lowest BCUT2D eigenvalue weighted by Gasteiger charge is -2.13. The molecule has 1 aromatic carbocycles. The average Bonchev–Trinajstić information content (AvgIpc) is 3.36. The summed E-state index contributed by atoms with van der Waals surface area (Å²) in [5.41, 5.74) is 2.44. The average molecular weight is 461 g/mol. The molecule has 0 radical (unpaired) electrons. The van der Waals surface area contributed by atoms with E-state index < -0.39 is 0 Å². The third kappa shape index (κ3) is 9.89. The first-order chi connectivity index (χ1) is 11.7. The first kappa shape index (κ1) is 22.0. The first-order valence-electron chi connectivity index (χ1n) is 8.90. The minimum atomic E-state index is 0. The fourth-order valence-corrected chi connectivity index (χ4v) is 2.49. The zero-order valence-corrected chi connectivity index (χ0v) is 18.0. The van der Waals surface area contributed by atoms with Gasteiger partial charge in [0.15, 0.2) is 5.96 Å². The molecule has 2 rings (SSSR count). The number of benzene rings is 1. The van der Waals surface area contributed by atoms with Crippen molar-refractivity contribution in [3.63, 3.8) is 0 Å². The summed E-state index contributed by atoms with van der Waals surface area (Å²) in [5, 5.41) is 6.55. The van der Waals surface area contributed by atoms with Crippen molar-refractivity contribution in [1.82, 2.24) is 10.6 Å². The molecule has 0 heterocycles. The van der Waals surface area contributed by atoms with E-state index in [1.807, 2.05) is 0 Å². The SMILES string of the molecule is CN=C(NCCCOCC1CC1)NCCOc1cc(C)cc(C)c1.I. The molecule has 5 nitrogen and oxygen atoms in total. The van der Waals surface area contributed by atoms with Crippen molar-refractivity contribution in [2.24, 2.45) is 10.9 Å². The molecule has 0 unspecified atom stereocenters. The molecule has 0 saturated heterocycles. The summed E-state index contributed by atoms with van der Waals surface area (Å²) in [6.07, 6.45) is 3.69. The molecule has 1 saturated carbocycles. The van der Waals surface area contributed by atoms with Crippen LogP contribution < -0.4 is 15.4 Å². The monoisotopic (exact) mass is 461 g/mol. The maximum Gasteiger partial charge on any atom is 0.191 e. The van der Waals surface area contributed by atoms with Crippen LogP contribution in [-0.4, -0.2) is 45.9 Å². The molecular formula is C19H32IN3O2. The number of ether oxygens (including phenoxy) is 2. The van der Waals surface area contributed by atoms with Crippen molar-refractivity contribution in [1.29, 1.82) is 0 Å². The normalized spacial score (nSPS) is 14.0. The Kier molecular flexibility index (Phi) is 10.9. The highest BCUT2D eigenvalue weighted by molar-refractivity contribution is 14.0. The van der Waals surface area contributed by atoms with Gasteiger partial charge in [-0.25, -0.2) is 0 Å². The van der Waals surface area contributed by atoms with E-state index in [9.17, 15) is 0 Å². The summed E-state index contributed by atoms with van der Waals surface area (Å²) < 4.78 is 11.4. The lowest BCUT2D eigenvalue weighted by Crippen LogP contribution is -2.39. The van der Waals surface area contributed by atoms with Crippen LogP contribution in [0.1, 0.15) is 30.4 Å². The van der Waals surface area contributed by atoms with Crippen LogP contribution in [0.4, 0.5) is 0 Å². The van der Waals surface area contributed by atoms with Gasteiger partial charge in [-0.2, -0.15) is 0 Å². The molecular weight excluding hydrogens is 429 g/mol. The van der Waals surface area contributed by atoms with Crippen molar-refractivity contribution < 1.29 is 9.47 Å². The molecule has 0 bridgehead atoms. The second-order valence-corrected chi connectivity index (χ2v) is 6.47. The molecule has 6 heteroatoms. The molecule has 1 aliphatic rings. The van der Waals surface area contributed by atoms with Crippen LogP contribution in [0.5, 0.6) is 5.75 Å². The predicted octanol–water partition coefficient (Wildman–Crippen LogP) is 3.28. The van der Waals surface area contributed by atoms with Gasteiger partial charge in [0.1, 0.15) is 12.4 Å². The van der Waals surface area contributed by atoms with Gasteiger partial charge in [0.25, 0.3) is 0 Å². The van der Waals surface area contributed by atoms with Gasteiger partial charge in [0.05, 0.1) is 6.54 Å². The zero-order valence-electron chi connectivity index (χ0n) is 15.6. The van der Waals surface area contributed by atoms with Crippen LogP contribution in [0.3, 0.4) is 0 Å². The van der Waals surface area contributed by atoms with E-state index in [2.05, 4.69) is 47.7 Å². The number of guanidine groups is 1. The Balaban J connectivity index is 0.00000312. The van der Waals surface area contributed by atoms with E-state index in [1.54, 1.807) is 7.05 Å². The molecule has 0 aromatic heterocycles. The van der Waals surface area contributed by atoms with Gasteiger partial charge in [-0.15, -0.1) is 24.0 Å². The molecule has 0 atom stereocenters. The maximum atomic E-state index is 5.78. The lowest BCUT2D eigenvalue weighted by molar-refractivity contribution is 0.123. The third-order valence-corrected chi connectivity index (χ3v) is 3.89. The summed E-state index contributed by atoms with van der Waals surface area (Å²) >= 11 is 0. The number of nitrogens with zero attached hydrogens (tertiary/aromatic N) is 1. The van der Waals surface area contributed by atoms with Crippen LogP contribution in [-0.2, 0) is 4.74 Å². The molecule has 1 fully saturated rings. The van der Waals surface area contributed by atoms with Crippen LogP contribution in [0.2, 0.25) is 0 Å². The minimum Gasteiger partial charge on any atom is -0.492 e. The van der Waals surface area contributed by atoms with Gasteiger partial charge >= 0.3 is 0 Å². The fourth-order valence-electron chi connectivity index (χ4n) is 2.49. The van der Waals surface area contributed by atoms with Gasteiger partial charge in [0, 0.05) is 26.8 Å². The molecule has 0 spiro atoms. The molecule has 142 valence electrons. The van der Waals surface area contributed by atoms with Crippen molar-refractivity contribution in [2.75, 3.05) is 40.0 Å². The van der Waals surface area contributed by atoms with E-state index in [0.29, 0.717) is 13.2 Å². The van der Waals surface area contributed by atoms with Crippen LogP contribution in [0.25, 0.3) is 0 Å². The number of hydrogen-bond donors (Lipinski definition) is 2. The molecule has 25 heavy (non-hydrogen) atoms. The lowest BCUT2D eigenvalue weighted by atomic mass is 10.1. The van der Waals surface area contributed by atoms with Gasteiger partial charge < -0.3 is 20.1 Å². The van der Waals surface area contributed by atoms with Crippen LogP contribution in [0, 0.1) is 19.8 Å². The van der Waals surface area contributed by atoms with E-state index in [-0.39, 0.29) is 24.0 Å². The highest BCUT2D eigenvalue weighted by Gasteiger charge is 2.20. The van der Waals surface area contributed by atoms with Gasteiger partial charge in [-0.1, -0.05) is 6.07 Å². The Bertz CT molecular complexity index is 513. The second kappa shape index (κ2) is 12.4. The summed E-state index contributed by atoms with van der Waals surface area (Å²) in [6, 6.07) is 6.26. The molecule has 1 aliphatic carbocycles. The van der Waals surface area contributed by atoms with E-state index in [1.165, 1.54) is 24.0 Å². The van der Waals surface area contributed by atoms with Crippen LogP contribution >= 0.6 is 24.0 Å². The highest BCUT2D eigenvalue weighted by Crippen LogP contribution is 2.28. The van der Waals surface area contributed by atoms with Crippen molar-refractivity contribution >= 4 is 29.9 Å². The molecule has 0 aliphatic heterocycles. The predicted molar refractivity (Wildman–Crippen MR) is 114 cm³/mol. The Labute approximate surface area is 169 Å². The second-order valence-electron chi connectivity index (χ2n) is 6.47. The Hall–Kier alpha value is -1.02. The summed E-state index contributed by atoms with van der Waals surface area (Å²) in [7, 11) is 1.78. The Morgan fingerprint density at radius 2 is 1.76 bits per heavy atom. The summed E-state index contributed by atoms with van der Waals surface area (Å²) in [4.78, 5) is 4.21. The number of halogens is 1. The minimum absolute atomic E-state index is 0. The largest absolute Gasteiger partial charge is 0.492 e. The third-order valence-electron chi connectivity index (χ3n) is 3.89. The molecule has 1 aromatic rings. The Morgan fingerprint density at radius 1 is 1.08 bits per heavy atom. The van der Waals surface area contributed by atoms with Gasteiger partial charge in [-0.05, 0) is 62.3 Å². The topological polar surface area (TPSA) is 54.9 Å². The summed E-state index contributed by atoms with van der Waals surface area (Å²) in [5.74, 6) is 2.57. The maximum absolute atomic E-state index is 5.78. The summed E-state index contributed by atoms with van der Waals surface area (Å²) in [6.45, 7) is 8.09. The Morgan fingerprint density at radius 3 is 2.40 bits per heavy atom. The zero-order chi connectivity index (χ0) is 17.2. The van der Waals surface area contributed by atoms with Crippen LogP contribution in [0.15, 0.2) is 23.2 Å². The standard InChI is InChI=1S/C19H31N3O2.HI/c1-15-11-16(2)13-18(12-15)24-10-8-22-19(20-3)21-7-4-9-23-14-17-5-6-17;/h11-13,17H,4-10,14H2,1-3H3,(H2,20,21,22);1H. The molecule has 2 N–H and O–H groups in total. The molecule has 0 amide bonds. The van der Waals surface area contributed by atoms with E-state index >= 15 is 0 Å². The smallest absolute Gasteiger partial charge is 0.191 e. The van der Waals surface area contributed by atoms with Gasteiger partial charge in [0.2, 0.25) is 0 Å². The number of aliphatic imine (C=N–C) groups is 1. The number of nitrogens with one attached hydrogen (secondary N) is 2.